The summed E-state index contributed by atoms with van der Waals surface area (Å²) in [5, 5.41) is 0.789. The molecule has 1 heterocycles. The van der Waals surface area contributed by atoms with Gasteiger partial charge in [0.25, 0.3) is 0 Å². The van der Waals surface area contributed by atoms with Gasteiger partial charge in [0.15, 0.2) is 0 Å². The first kappa shape index (κ1) is 9.71. The molecule has 0 aliphatic carbocycles. The third-order valence-corrected chi connectivity index (χ3v) is 3.29. The number of rotatable bonds is 3. The van der Waals surface area contributed by atoms with E-state index in [4.69, 9.17) is 0 Å². The second-order valence-corrected chi connectivity index (χ2v) is 4.20. The van der Waals surface area contributed by atoms with E-state index < -0.39 is 0 Å². The van der Waals surface area contributed by atoms with Crippen LogP contribution in [-0.2, 0) is 11.3 Å². The van der Waals surface area contributed by atoms with Crippen molar-refractivity contribution >= 4 is 21.8 Å². The Hall–Kier alpha value is -0.830. The first-order valence-electron chi connectivity index (χ1n) is 4.70. The molecule has 1 unspecified atom stereocenters. The molecule has 14 heavy (non-hydrogen) atoms. The molecule has 1 aliphatic heterocycles. The third-order valence-electron chi connectivity index (χ3n) is 2.50. The maximum absolute atomic E-state index is 11.5. The van der Waals surface area contributed by atoms with Crippen LogP contribution in [0.5, 0.6) is 0 Å². The van der Waals surface area contributed by atoms with Crippen molar-refractivity contribution < 1.29 is 4.79 Å². The molecule has 1 aliphatic rings. The topological polar surface area (TPSA) is 20.3 Å². The summed E-state index contributed by atoms with van der Waals surface area (Å²) in [6, 6.07) is 10.1. The molecule has 2 rings (SSSR count). The van der Waals surface area contributed by atoms with Crippen LogP contribution in [0.25, 0.3) is 0 Å². The van der Waals surface area contributed by atoms with Gasteiger partial charge in [-0.15, -0.1) is 0 Å². The molecule has 1 aromatic carbocycles. The summed E-state index contributed by atoms with van der Waals surface area (Å²) in [7, 11) is 0. The van der Waals surface area contributed by atoms with E-state index >= 15 is 0 Å². The van der Waals surface area contributed by atoms with Gasteiger partial charge in [0, 0.05) is 18.4 Å². The average Bonchev–Trinajstić information content (AvgIpc) is 2.24. The summed E-state index contributed by atoms with van der Waals surface area (Å²) in [6.45, 7) is 1.64. The molecule has 0 N–H and O–H groups in total. The molecule has 3 heteroatoms. The van der Waals surface area contributed by atoms with Crippen molar-refractivity contribution in [1.82, 2.24) is 4.90 Å². The predicted molar refractivity (Wildman–Crippen MR) is 59.1 cm³/mol. The van der Waals surface area contributed by atoms with E-state index in [9.17, 15) is 4.79 Å². The smallest absolute Gasteiger partial charge is 0.228 e. The summed E-state index contributed by atoms with van der Waals surface area (Å²) < 4.78 is 0. The fourth-order valence-corrected chi connectivity index (χ4v) is 2.12. The fraction of sp³-hybridized carbons (Fsp3) is 0.364. The van der Waals surface area contributed by atoms with Crippen LogP contribution >= 0.6 is 15.9 Å². The van der Waals surface area contributed by atoms with E-state index in [-0.39, 0.29) is 11.8 Å². The van der Waals surface area contributed by atoms with E-state index in [0.29, 0.717) is 0 Å². The van der Waals surface area contributed by atoms with Gasteiger partial charge < -0.3 is 4.90 Å². The van der Waals surface area contributed by atoms with Crippen LogP contribution in [0, 0.1) is 5.92 Å². The highest BCUT2D eigenvalue weighted by atomic mass is 79.9. The summed E-state index contributed by atoms with van der Waals surface area (Å²) in [5.74, 6) is 0.476. The summed E-state index contributed by atoms with van der Waals surface area (Å²) in [5.41, 5.74) is 1.20. The van der Waals surface area contributed by atoms with Crippen LogP contribution in [0.4, 0.5) is 0 Å². The Kier molecular flexibility index (Phi) is 2.87. The number of β-lactam (4-membered cyclic amide) rings is 1. The predicted octanol–water partition coefficient (Wildman–Crippen LogP) is 2.04. The van der Waals surface area contributed by atoms with Crippen molar-refractivity contribution in [2.75, 3.05) is 11.9 Å². The van der Waals surface area contributed by atoms with Gasteiger partial charge >= 0.3 is 0 Å². The van der Waals surface area contributed by atoms with Gasteiger partial charge in [0.1, 0.15) is 0 Å². The number of carbonyl (C=O) groups excluding carboxylic acids is 1. The van der Waals surface area contributed by atoms with Gasteiger partial charge in [0.05, 0.1) is 5.92 Å². The Bertz CT molecular complexity index is 325. The molecule has 0 bridgehead atoms. The Labute approximate surface area is 92.0 Å². The molecule has 1 amide bonds. The van der Waals surface area contributed by atoms with Crippen molar-refractivity contribution in [2.45, 2.75) is 6.54 Å². The summed E-state index contributed by atoms with van der Waals surface area (Å²) in [4.78, 5) is 13.4. The van der Waals surface area contributed by atoms with E-state index in [1.807, 2.05) is 23.1 Å². The Morgan fingerprint density at radius 3 is 2.64 bits per heavy atom. The molecule has 1 saturated heterocycles. The molecular formula is C11H12BrNO. The number of carbonyl (C=O) groups is 1. The van der Waals surface area contributed by atoms with Crippen molar-refractivity contribution in [1.29, 1.82) is 0 Å². The van der Waals surface area contributed by atoms with Crippen LogP contribution in [0.3, 0.4) is 0 Å². The van der Waals surface area contributed by atoms with E-state index in [2.05, 4.69) is 28.1 Å². The maximum Gasteiger partial charge on any atom is 0.228 e. The molecule has 1 atom stereocenters. The molecule has 0 spiro atoms. The minimum Gasteiger partial charge on any atom is -0.337 e. The zero-order valence-corrected chi connectivity index (χ0v) is 9.40. The molecule has 0 saturated carbocycles. The molecule has 1 aromatic rings. The average molecular weight is 254 g/mol. The largest absolute Gasteiger partial charge is 0.337 e. The number of hydrogen-bond donors (Lipinski definition) is 0. The van der Waals surface area contributed by atoms with E-state index in [1.165, 1.54) is 5.56 Å². The minimum atomic E-state index is 0.207. The Balaban J connectivity index is 1.92. The van der Waals surface area contributed by atoms with Crippen molar-refractivity contribution in [3.63, 3.8) is 0 Å². The van der Waals surface area contributed by atoms with Crippen LogP contribution in [-0.4, -0.2) is 22.7 Å². The Morgan fingerprint density at radius 2 is 2.07 bits per heavy atom. The first-order valence-corrected chi connectivity index (χ1v) is 5.82. The highest BCUT2D eigenvalue weighted by Crippen LogP contribution is 2.21. The number of alkyl halides is 1. The number of benzene rings is 1. The van der Waals surface area contributed by atoms with Gasteiger partial charge in [-0.25, -0.2) is 0 Å². The third kappa shape index (κ3) is 1.82. The zero-order chi connectivity index (χ0) is 9.97. The van der Waals surface area contributed by atoms with Gasteiger partial charge in [0.2, 0.25) is 5.91 Å². The summed E-state index contributed by atoms with van der Waals surface area (Å²) in [6.07, 6.45) is 0. The molecular weight excluding hydrogens is 242 g/mol. The van der Waals surface area contributed by atoms with E-state index in [0.717, 1.165) is 18.4 Å². The number of hydrogen-bond acceptors (Lipinski definition) is 1. The van der Waals surface area contributed by atoms with Crippen molar-refractivity contribution in [3.05, 3.63) is 35.9 Å². The second-order valence-electron chi connectivity index (χ2n) is 3.56. The SMILES string of the molecule is O=C1C(CBr)CN1Cc1ccccc1. The molecule has 0 radical (unpaired) electrons. The lowest BCUT2D eigenvalue weighted by molar-refractivity contribution is -0.147. The van der Waals surface area contributed by atoms with Gasteiger partial charge in [-0.3, -0.25) is 4.79 Å². The van der Waals surface area contributed by atoms with Gasteiger partial charge in [-0.2, -0.15) is 0 Å². The number of amides is 1. The zero-order valence-electron chi connectivity index (χ0n) is 7.82. The minimum absolute atomic E-state index is 0.207. The Morgan fingerprint density at radius 1 is 1.36 bits per heavy atom. The summed E-state index contributed by atoms with van der Waals surface area (Å²) >= 11 is 3.33. The molecule has 0 aromatic heterocycles. The second kappa shape index (κ2) is 4.13. The maximum atomic E-state index is 11.5. The lowest BCUT2D eigenvalue weighted by Crippen LogP contribution is -2.52. The number of halogens is 1. The van der Waals surface area contributed by atoms with Crippen molar-refractivity contribution in [3.8, 4) is 0 Å². The number of likely N-dealkylation sites (tertiary alicyclic amines) is 1. The van der Waals surface area contributed by atoms with Crippen LogP contribution < -0.4 is 0 Å². The van der Waals surface area contributed by atoms with Crippen molar-refractivity contribution in [2.24, 2.45) is 5.92 Å². The highest BCUT2D eigenvalue weighted by Gasteiger charge is 2.35. The molecule has 74 valence electrons. The highest BCUT2D eigenvalue weighted by molar-refractivity contribution is 9.09. The van der Waals surface area contributed by atoms with Crippen LogP contribution in [0.1, 0.15) is 5.56 Å². The fourth-order valence-electron chi connectivity index (χ4n) is 1.64. The van der Waals surface area contributed by atoms with Crippen LogP contribution in [0.15, 0.2) is 30.3 Å². The quantitative estimate of drug-likeness (QED) is 0.597. The monoisotopic (exact) mass is 253 g/mol. The molecule has 2 nitrogen and oxygen atoms in total. The molecule has 1 fully saturated rings. The lowest BCUT2D eigenvalue weighted by atomic mass is 10.0. The van der Waals surface area contributed by atoms with Gasteiger partial charge in [-0.05, 0) is 5.56 Å². The first-order chi connectivity index (χ1) is 6.81. The number of nitrogens with zero attached hydrogens (tertiary/aromatic N) is 1. The normalized spacial score (nSPS) is 20.8. The standard InChI is InChI=1S/C11H12BrNO/c12-6-10-8-13(11(10)14)7-9-4-2-1-3-5-9/h1-5,10H,6-8H2. The lowest BCUT2D eigenvalue weighted by Gasteiger charge is -2.37. The van der Waals surface area contributed by atoms with E-state index in [1.54, 1.807) is 0 Å². The van der Waals surface area contributed by atoms with Gasteiger partial charge in [-0.1, -0.05) is 46.3 Å². The van der Waals surface area contributed by atoms with Crippen LogP contribution in [0.2, 0.25) is 0 Å².